The molecule has 1 saturated heterocycles. The number of aliphatic hydroxyl groups excluding tert-OH is 1. The molecule has 0 aromatic heterocycles. The van der Waals surface area contributed by atoms with Gasteiger partial charge in [0.2, 0.25) is 0 Å². The molecule has 2 aliphatic carbocycles. The lowest BCUT2D eigenvalue weighted by Crippen LogP contribution is -2.60. The zero-order valence-electron chi connectivity index (χ0n) is 21.3. The van der Waals surface area contributed by atoms with Crippen molar-refractivity contribution in [1.29, 1.82) is 0 Å². The third kappa shape index (κ3) is 5.55. The molecule has 2 saturated carbocycles. The van der Waals surface area contributed by atoms with Crippen molar-refractivity contribution in [3.05, 3.63) is 11.6 Å². The van der Waals surface area contributed by atoms with Crippen molar-refractivity contribution in [2.24, 2.45) is 28.6 Å². The van der Waals surface area contributed by atoms with E-state index in [4.69, 9.17) is 18.9 Å². The maximum atomic E-state index is 12.3. The summed E-state index contributed by atoms with van der Waals surface area (Å²) in [5, 5.41) is 10.2. The Morgan fingerprint density at radius 2 is 1.74 bits per heavy atom. The molecule has 1 N–H and O–H groups in total. The Hall–Kier alpha value is -2.42. The summed E-state index contributed by atoms with van der Waals surface area (Å²) in [4.78, 5) is 47.4. The number of hydrogen-bond donors (Lipinski definition) is 1. The summed E-state index contributed by atoms with van der Waals surface area (Å²) in [6.07, 6.45) is 4.09. The number of rotatable bonds is 7. The molecule has 0 aromatic carbocycles. The van der Waals surface area contributed by atoms with Gasteiger partial charge in [-0.2, -0.15) is 0 Å². The molecule has 0 amide bonds. The first-order valence-electron chi connectivity index (χ1n) is 12.4. The van der Waals surface area contributed by atoms with Gasteiger partial charge in [-0.3, -0.25) is 14.4 Å². The Morgan fingerprint density at radius 3 is 2.34 bits per heavy atom. The van der Waals surface area contributed by atoms with Gasteiger partial charge in [0.25, 0.3) is 0 Å². The minimum Gasteiger partial charge on any atom is -0.465 e. The van der Waals surface area contributed by atoms with Gasteiger partial charge in [-0.1, -0.05) is 19.9 Å². The third-order valence-corrected chi connectivity index (χ3v) is 8.49. The van der Waals surface area contributed by atoms with Gasteiger partial charge in [0.15, 0.2) is 6.10 Å². The van der Waals surface area contributed by atoms with Gasteiger partial charge in [-0.25, -0.2) is 4.79 Å². The number of carbonyl (C=O) groups excluding carboxylic acids is 4. The van der Waals surface area contributed by atoms with Crippen LogP contribution in [0.5, 0.6) is 0 Å². The Morgan fingerprint density at radius 1 is 1.06 bits per heavy atom. The maximum Gasteiger partial charge on any atom is 0.337 e. The Kier molecular flexibility index (Phi) is 8.29. The van der Waals surface area contributed by atoms with E-state index in [9.17, 15) is 24.3 Å². The van der Waals surface area contributed by atoms with Crippen LogP contribution in [0.3, 0.4) is 0 Å². The minimum atomic E-state index is -0.728. The number of aliphatic hydroxyl groups is 1. The van der Waals surface area contributed by atoms with Gasteiger partial charge in [-0.15, -0.1) is 0 Å². The van der Waals surface area contributed by atoms with Gasteiger partial charge in [0.05, 0.1) is 5.57 Å². The summed E-state index contributed by atoms with van der Waals surface area (Å²) >= 11 is 0. The largest absolute Gasteiger partial charge is 0.465 e. The molecule has 3 rings (SSSR count). The lowest BCUT2D eigenvalue weighted by molar-refractivity contribution is -0.201. The highest BCUT2D eigenvalue weighted by molar-refractivity contribution is 5.92. The fraction of sp³-hybridized carbons (Fsp3) is 0.769. The predicted octanol–water partition coefficient (Wildman–Crippen LogP) is 2.73. The fourth-order valence-electron chi connectivity index (χ4n) is 6.89. The Labute approximate surface area is 206 Å². The van der Waals surface area contributed by atoms with Crippen molar-refractivity contribution in [1.82, 2.24) is 0 Å². The minimum absolute atomic E-state index is 0.00273. The molecule has 3 aliphatic rings. The molecule has 0 radical (unpaired) electrons. The monoisotopic (exact) mass is 494 g/mol. The number of allylic oxidation sites excluding steroid dienone is 1. The quantitative estimate of drug-likeness (QED) is 0.323. The first-order chi connectivity index (χ1) is 16.4. The van der Waals surface area contributed by atoms with Crippen LogP contribution in [0.15, 0.2) is 11.6 Å². The van der Waals surface area contributed by atoms with Gasteiger partial charge < -0.3 is 24.1 Å². The molecular formula is C26H38O9. The molecular weight excluding hydrogens is 456 g/mol. The van der Waals surface area contributed by atoms with Crippen molar-refractivity contribution in [3.63, 3.8) is 0 Å². The predicted molar refractivity (Wildman–Crippen MR) is 124 cm³/mol. The smallest absolute Gasteiger partial charge is 0.337 e. The second kappa shape index (κ2) is 10.7. The van der Waals surface area contributed by atoms with Gasteiger partial charge in [0.1, 0.15) is 19.3 Å². The van der Waals surface area contributed by atoms with E-state index in [0.717, 1.165) is 19.3 Å². The lowest BCUT2D eigenvalue weighted by Gasteiger charge is -2.61. The average molecular weight is 495 g/mol. The summed E-state index contributed by atoms with van der Waals surface area (Å²) in [6, 6.07) is 0. The second-order valence-corrected chi connectivity index (χ2v) is 10.7. The van der Waals surface area contributed by atoms with Gasteiger partial charge in [0, 0.05) is 32.8 Å². The van der Waals surface area contributed by atoms with E-state index in [2.05, 4.69) is 6.92 Å². The number of fused-ring (bicyclic) bond motifs is 1. The van der Waals surface area contributed by atoms with Crippen molar-refractivity contribution in [2.75, 3.05) is 19.8 Å². The van der Waals surface area contributed by atoms with Crippen LogP contribution in [0.2, 0.25) is 0 Å². The fourth-order valence-corrected chi connectivity index (χ4v) is 6.89. The van der Waals surface area contributed by atoms with Crippen LogP contribution < -0.4 is 0 Å². The standard InChI is InChI=1S/C26H38O9/c1-15(28)33-14-26(5)22-9-6-18(12-27)20(25(22,4)11-10-23(26)35-17(3)30)8-7-19-21(34-16(2)29)13-32-24(19)31/h7,18,20-23,27H,6,8-14H2,1-5H3/b19-7+/t18-,20+,21+,22-,23+,25-,26-/m0/s1. The Balaban J connectivity index is 1.94. The topological polar surface area (TPSA) is 125 Å². The molecule has 9 nitrogen and oxygen atoms in total. The molecule has 0 unspecified atom stereocenters. The molecule has 7 atom stereocenters. The van der Waals surface area contributed by atoms with Crippen LogP contribution in [0.4, 0.5) is 0 Å². The molecule has 0 bridgehead atoms. The van der Waals surface area contributed by atoms with Crippen molar-refractivity contribution >= 4 is 23.9 Å². The average Bonchev–Trinajstić information content (AvgIpc) is 3.11. The summed E-state index contributed by atoms with van der Waals surface area (Å²) in [5.41, 5.74) is -0.532. The molecule has 35 heavy (non-hydrogen) atoms. The van der Waals surface area contributed by atoms with E-state index < -0.39 is 23.5 Å². The molecule has 1 aliphatic heterocycles. The van der Waals surface area contributed by atoms with Crippen molar-refractivity contribution < 1.29 is 43.2 Å². The van der Waals surface area contributed by atoms with E-state index in [1.54, 1.807) is 6.08 Å². The van der Waals surface area contributed by atoms with Crippen LogP contribution >= 0.6 is 0 Å². The van der Waals surface area contributed by atoms with Crippen molar-refractivity contribution in [3.8, 4) is 0 Å². The van der Waals surface area contributed by atoms with Crippen LogP contribution in [0.1, 0.15) is 66.7 Å². The number of esters is 4. The first-order valence-corrected chi connectivity index (χ1v) is 12.4. The highest BCUT2D eigenvalue weighted by Gasteiger charge is 2.60. The first kappa shape index (κ1) is 27.2. The van der Waals surface area contributed by atoms with Crippen LogP contribution in [0.25, 0.3) is 0 Å². The molecule has 0 aromatic rings. The zero-order chi connectivity index (χ0) is 26.0. The van der Waals surface area contributed by atoms with Crippen molar-refractivity contribution in [2.45, 2.75) is 78.9 Å². The third-order valence-electron chi connectivity index (χ3n) is 8.49. The molecule has 1 heterocycles. The van der Waals surface area contributed by atoms with Crippen LogP contribution in [0, 0.1) is 28.6 Å². The SMILES string of the molecule is CC(=O)OC[C@@]1(C)[C@H]2CC[C@@H](CO)[C@@H](C/C=C3/C(=O)OC[C@H]3OC(C)=O)[C@]2(C)CC[C@H]1OC(C)=O. The van der Waals surface area contributed by atoms with E-state index in [1.165, 1.54) is 20.8 Å². The number of hydrogen-bond acceptors (Lipinski definition) is 9. The molecule has 196 valence electrons. The van der Waals surface area contributed by atoms with Crippen LogP contribution in [-0.2, 0) is 38.1 Å². The molecule has 0 spiro atoms. The molecule has 3 fully saturated rings. The Bertz CT molecular complexity index is 880. The zero-order valence-corrected chi connectivity index (χ0v) is 21.3. The maximum absolute atomic E-state index is 12.3. The number of cyclic esters (lactones) is 1. The highest BCUT2D eigenvalue weighted by atomic mass is 16.6. The second-order valence-electron chi connectivity index (χ2n) is 10.7. The van der Waals surface area contributed by atoms with E-state index >= 15 is 0 Å². The van der Waals surface area contributed by atoms with Crippen LogP contribution in [-0.4, -0.2) is 61.0 Å². The summed E-state index contributed by atoms with van der Waals surface area (Å²) < 4.78 is 21.6. The normalized spacial score (nSPS) is 37.8. The summed E-state index contributed by atoms with van der Waals surface area (Å²) in [7, 11) is 0. The molecule has 9 heteroatoms. The van der Waals surface area contributed by atoms with E-state index in [1.807, 2.05) is 6.92 Å². The van der Waals surface area contributed by atoms with Gasteiger partial charge >= 0.3 is 23.9 Å². The number of carbonyl (C=O) groups is 4. The van der Waals surface area contributed by atoms with E-state index in [-0.39, 0.29) is 61.0 Å². The number of ether oxygens (including phenoxy) is 4. The van der Waals surface area contributed by atoms with E-state index in [0.29, 0.717) is 18.4 Å². The lowest BCUT2D eigenvalue weighted by atomic mass is 9.45. The summed E-state index contributed by atoms with van der Waals surface area (Å²) in [5.74, 6) is -1.65. The van der Waals surface area contributed by atoms with Gasteiger partial charge in [-0.05, 0) is 55.3 Å². The highest BCUT2D eigenvalue weighted by Crippen LogP contribution is 2.62. The summed E-state index contributed by atoms with van der Waals surface area (Å²) in [6.45, 7) is 8.41.